The smallest absolute Gasteiger partial charge is 0.0433 e. The molecule has 0 radical (unpaired) electrons. The van der Waals surface area contributed by atoms with Crippen LogP contribution in [0.4, 0.5) is 0 Å². The molecule has 0 heterocycles. The van der Waals surface area contributed by atoms with E-state index < -0.39 is 0 Å². The summed E-state index contributed by atoms with van der Waals surface area (Å²) >= 11 is 0. The Kier molecular flexibility index (Phi) is 0.571. The summed E-state index contributed by atoms with van der Waals surface area (Å²) < 4.78 is 0. The van der Waals surface area contributed by atoms with Gasteiger partial charge in [0, 0.05) is 6.61 Å². The van der Waals surface area contributed by atoms with Crippen molar-refractivity contribution in [2.75, 3.05) is 6.61 Å². The van der Waals surface area contributed by atoms with Crippen molar-refractivity contribution in [1.82, 2.24) is 0 Å². The summed E-state index contributed by atoms with van der Waals surface area (Å²) in [7, 11) is 0. The van der Waals surface area contributed by atoms with Gasteiger partial charge in [0.15, 0.2) is 0 Å². The van der Waals surface area contributed by atoms with Crippen LogP contribution in [0.2, 0.25) is 0 Å². The average Bonchev–Trinajstić information content (AvgIpc) is 2.41. The maximum atomic E-state index is 8.41. The molecule has 2 fully saturated rings. The van der Waals surface area contributed by atoms with Gasteiger partial charge in [0.1, 0.15) is 0 Å². The fourth-order valence-corrected chi connectivity index (χ4v) is 1.49. The Hall–Kier alpha value is -0.0400. The molecule has 0 aromatic carbocycles. The first-order valence-corrected chi connectivity index (χ1v) is 3.04. The zero-order valence-electron chi connectivity index (χ0n) is 4.30. The molecule has 2 aliphatic rings. The van der Waals surface area contributed by atoms with Gasteiger partial charge < -0.3 is 5.11 Å². The summed E-state index contributed by atoms with van der Waals surface area (Å²) in [6.45, 7) is 0.414. The van der Waals surface area contributed by atoms with Gasteiger partial charge in [0.05, 0.1) is 0 Å². The highest BCUT2D eigenvalue weighted by molar-refractivity contribution is 5.11. The summed E-state index contributed by atoms with van der Waals surface area (Å²) in [6, 6.07) is 0. The predicted molar refractivity (Wildman–Crippen MR) is 26.8 cm³/mol. The van der Waals surface area contributed by atoms with E-state index in [1.54, 1.807) is 0 Å². The molecule has 0 aliphatic heterocycles. The van der Waals surface area contributed by atoms with E-state index in [9.17, 15) is 0 Å². The van der Waals surface area contributed by atoms with Crippen LogP contribution in [0, 0.1) is 17.8 Å². The Morgan fingerprint density at radius 2 is 2.14 bits per heavy atom. The van der Waals surface area contributed by atoms with E-state index in [-0.39, 0.29) is 0 Å². The molecule has 2 rings (SSSR count). The Balaban J connectivity index is 1.73. The zero-order chi connectivity index (χ0) is 4.85. The fraction of sp³-hybridized carbons (Fsp3) is 1.00. The first-order valence-electron chi connectivity index (χ1n) is 3.04. The molecule has 2 saturated carbocycles. The van der Waals surface area contributed by atoms with E-state index in [0.717, 1.165) is 24.2 Å². The van der Waals surface area contributed by atoms with Gasteiger partial charge in [-0.1, -0.05) is 0 Å². The number of fused-ring (bicyclic) bond motifs is 1. The monoisotopic (exact) mass is 98.1 g/mol. The van der Waals surface area contributed by atoms with Crippen molar-refractivity contribution in [3.05, 3.63) is 0 Å². The van der Waals surface area contributed by atoms with Crippen molar-refractivity contribution < 1.29 is 5.11 Å². The lowest BCUT2D eigenvalue weighted by molar-refractivity contribution is 0.268. The Bertz CT molecular complexity index is 82.2. The van der Waals surface area contributed by atoms with Gasteiger partial charge in [-0.2, -0.15) is 0 Å². The lowest BCUT2D eigenvalue weighted by Gasteiger charge is -1.95. The van der Waals surface area contributed by atoms with Gasteiger partial charge >= 0.3 is 0 Å². The molecule has 0 aromatic rings. The van der Waals surface area contributed by atoms with Gasteiger partial charge in [-0.15, -0.1) is 0 Å². The SMILES string of the molecule is OCCC1C2CC12. The highest BCUT2D eigenvalue weighted by Gasteiger charge is 2.62. The van der Waals surface area contributed by atoms with Crippen LogP contribution in [0.5, 0.6) is 0 Å². The van der Waals surface area contributed by atoms with Crippen LogP contribution in [-0.4, -0.2) is 11.7 Å². The van der Waals surface area contributed by atoms with E-state index in [0.29, 0.717) is 6.61 Å². The molecule has 0 saturated heterocycles. The zero-order valence-corrected chi connectivity index (χ0v) is 4.30. The normalized spacial score (nSPS) is 53.6. The maximum Gasteiger partial charge on any atom is 0.0433 e. The van der Waals surface area contributed by atoms with Crippen molar-refractivity contribution in [2.24, 2.45) is 17.8 Å². The first-order chi connectivity index (χ1) is 3.43. The summed E-state index contributed by atoms with van der Waals surface area (Å²) in [6.07, 6.45) is 2.56. The highest BCUT2D eigenvalue weighted by Crippen LogP contribution is 2.69. The number of hydrogen-bond acceptors (Lipinski definition) is 1. The summed E-state index contributed by atoms with van der Waals surface area (Å²) in [5.74, 6) is 3.12. The molecule has 1 N–H and O–H groups in total. The second-order valence-corrected chi connectivity index (χ2v) is 2.74. The molecule has 7 heavy (non-hydrogen) atoms. The molecule has 1 nitrogen and oxygen atoms in total. The minimum absolute atomic E-state index is 0.414. The van der Waals surface area contributed by atoms with Crippen LogP contribution >= 0.6 is 0 Å². The molecule has 2 atom stereocenters. The number of aliphatic hydroxyl groups is 1. The van der Waals surface area contributed by atoms with E-state index in [1.807, 2.05) is 0 Å². The van der Waals surface area contributed by atoms with Crippen LogP contribution in [0.15, 0.2) is 0 Å². The van der Waals surface area contributed by atoms with E-state index in [1.165, 1.54) is 6.42 Å². The third kappa shape index (κ3) is 0.418. The lowest BCUT2D eigenvalue weighted by Crippen LogP contribution is -1.91. The molecule has 1 heteroatoms. The third-order valence-electron chi connectivity index (χ3n) is 2.31. The number of hydrogen-bond donors (Lipinski definition) is 1. The third-order valence-corrected chi connectivity index (χ3v) is 2.31. The van der Waals surface area contributed by atoms with E-state index in [4.69, 9.17) is 5.11 Å². The Morgan fingerprint density at radius 1 is 1.43 bits per heavy atom. The van der Waals surface area contributed by atoms with Crippen LogP contribution in [-0.2, 0) is 0 Å². The first kappa shape index (κ1) is 3.90. The second kappa shape index (κ2) is 1.03. The highest BCUT2D eigenvalue weighted by atomic mass is 16.3. The van der Waals surface area contributed by atoms with Crippen molar-refractivity contribution in [1.29, 1.82) is 0 Å². The molecular weight excluding hydrogens is 88.1 g/mol. The number of rotatable bonds is 2. The maximum absolute atomic E-state index is 8.41. The van der Waals surface area contributed by atoms with Crippen LogP contribution in [0.3, 0.4) is 0 Å². The van der Waals surface area contributed by atoms with Crippen LogP contribution in [0.1, 0.15) is 12.8 Å². The van der Waals surface area contributed by atoms with Gasteiger partial charge in [0.25, 0.3) is 0 Å². The summed E-state index contributed by atoms with van der Waals surface area (Å²) in [5.41, 5.74) is 0. The van der Waals surface area contributed by atoms with Gasteiger partial charge in [-0.05, 0) is 30.6 Å². The molecule has 2 unspecified atom stereocenters. The van der Waals surface area contributed by atoms with Crippen molar-refractivity contribution >= 4 is 0 Å². The van der Waals surface area contributed by atoms with Gasteiger partial charge in [-0.3, -0.25) is 0 Å². The number of aliphatic hydroxyl groups excluding tert-OH is 1. The van der Waals surface area contributed by atoms with Crippen molar-refractivity contribution in [3.8, 4) is 0 Å². The van der Waals surface area contributed by atoms with Gasteiger partial charge in [-0.25, -0.2) is 0 Å². The standard InChI is InChI=1S/C6H10O/c7-2-1-4-5-3-6(4)5/h4-7H,1-3H2. The van der Waals surface area contributed by atoms with Crippen LogP contribution < -0.4 is 0 Å². The summed E-state index contributed by atoms with van der Waals surface area (Å²) in [4.78, 5) is 0. The largest absolute Gasteiger partial charge is 0.396 e. The minimum Gasteiger partial charge on any atom is -0.396 e. The lowest BCUT2D eigenvalue weighted by atomic mass is 10.1. The Morgan fingerprint density at radius 3 is 2.29 bits per heavy atom. The van der Waals surface area contributed by atoms with E-state index >= 15 is 0 Å². The molecular formula is C6H10O. The molecule has 40 valence electrons. The van der Waals surface area contributed by atoms with E-state index in [2.05, 4.69) is 0 Å². The van der Waals surface area contributed by atoms with Crippen molar-refractivity contribution in [2.45, 2.75) is 12.8 Å². The quantitative estimate of drug-likeness (QED) is 0.537. The fourth-order valence-electron chi connectivity index (χ4n) is 1.49. The van der Waals surface area contributed by atoms with Crippen molar-refractivity contribution in [3.63, 3.8) is 0 Å². The molecule has 0 spiro atoms. The molecule has 2 aliphatic carbocycles. The summed E-state index contributed by atoms with van der Waals surface area (Å²) in [5, 5.41) is 8.41. The second-order valence-electron chi connectivity index (χ2n) is 2.74. The Labute approximate surface area is 43.3 Å². The molecule has 0 amide bonds. The topological polar surface area (TPSA) is 20.2 Å². The predicted octanol–water partition coefficient (Wildman–Crippen LogP) is 0.635. The molecule has 0 bridgehead atoms. The average molecular weight is 98.1 g/mol. The minimum atomic E-state index is 0.414. The van der Waals surface area contributed by atoms with Gasteiger partial charge in [0.2, 0.25) is 0 Å². The van der Waals surface area contributed by atoms with Crippen LogP contribution in [0.25, 0.3) is 0 Å². The molecule has 0 aromatic heterocycles.